The summed E-state index contributed by atoms with van der Waals surface area (Å²) >= 11 is 0. The van der Waals surface area contributed by atoms with Crippen LogP contribution in [0.15, 0.2) is 140 Å². The number of para-hydroxylation sites is 2. The van der Waals surface area contributed by atoms with Gasteiger partial charge in [-0.1, -0.05) is 54.6 Å². The van der Waals surface area contributed by atoms with E-state index < -0.39 is 11.7 Å². The van der Waals surface area contributed by atoms with Gasteiger partial charge in [0, 0.05) is 32.7 Å². The van der Waals surface area contributed by atoms with E-state index in [4.69, 9.17) is 0 Å². The molecule has 0 aliphatic heterocycles. The molecule has 0 aliphatic carbocycles. The highest BCUT2D eigenvalue weighted by molar-refractivity contribution is 6.12. The van der Waals surface area contributed by atoms with E-state index in [0.29, 0.717) is 44.6 Å². The second-order valence-electron chi connectivity index (χ2n) is 13.3. The number of nitriles is 4. The van der Waals surface area contributed by atoms with Gasteiger partial charge >= 0.3 is 6.18 Å². The fourth-order valence-corrected chi connectivity index (χ4v) is 7.80. The summed E-state index contributed by atoms with van der Waals surface area (Å²) in [5.41, 5.74) is 7.24. The largest absolute Gasteiger partial charge is 0.416 e. The van der Waals surface area contributed by atoms with Crippen molar-refractivity contribution in [3.63, 3.8) is 0 Å². The molecule has 9 rings (SSSR count). The summed E-state index contributed by atoms with van der Waals surface area (Å²) in [5.74, 6) is 0. The molecule has 2 aromatic heterocycles. The SMILES string of the molecule is N#Cc1ccc(-n2c3ccccc3c3cc(C#N)ccc32)c(-c2ccc(-c3ccc(C(F)(F)F)cc3C#N)cc2-n2c3ccccc3c3cc(C#N)ccc32)c1. The van der Waals surface area contributed by atoms with Crippen LogP contribution >= 0.6 is 0 Å². The highest BCUT2D eigenvalue weighted by Gasteiger charge is 2.31. The van der Waals surface area contributed by atoms with E-state index in [9.17, 15) is 34.2 Å². The Hall–Kier alpha value is -8.11. The van der Waals surface area contributed by atoms with Gasteiger partial charge in [-0.3, -0.25) is 0 Å². The molecule has 0 atom stereocenters. The Morgan fingerprint density at radius 1 is 0.411 bits per heavy atom. The predicted molar refractivity (Wildman–Crippen MR) is 210 cm³/mol. The fraction of sp³-hybridized carbons (Fsp3) is 0.0213. The van der Waals surface area contributed by atoms with Gasteiger partial charge in [0.1, 0.15) is 0 Å². The van der Waals surface area contributed by atoms with Crippen molar-refractivity contribution < 1.29 is 13.2 Å². The molecule has 6 nitrogen and oxygen atoms in total. The molecule has 9 heteroatoms. The Labute approximate surface area is 317 Å². The fourth-order valence-electron chi connectivity index (χ4n) is 7.80. The van der Waals surface area contributed by atoms with Gasteiger partial charge in [0.25, 0.3) is 0 Å². The molecule has 56 heavy (non-hydrogen) atoms. The van der Waals surface area contributed by atoms with Crippen LogP contribution in [0.1, 0.15) is 27.8 Å². The molecular formula is C47H23F3N6. The summed E-state index contributed by atoms with van der Waals surface area (Å²) < 4.78 is 45.4. The number of alkyl halides is 3. The Kier molecular flexibility index (Phi) is 7.69. The van der Waals surface area contributed by atoms with Crippen LogP contribution in [0.3, 0.4) is 0 Å². The lowest BCUT2D eigenvalue weighted by Crippen LogP contribution is -2.05. The first-order valence-electron chi connectivity index (χ1n) is 17.4. The zero-order valence-electron chi connectivity index (χ0n) is 29.1. The highest BCUT2D eigenvalue weighted by atomic mass is 19.4. The lowest BCUT2D eigenvalue weighted by molar-refractivity contribution is -0.137. The van der Waals surface area contributed by atoms with E-state index in [2.05, 4.69) is 27.3 Å². The number of aromatic nitrogens is 2. The summed E-state index contributed by atoms with van der Waals surface area (Å²) in [6.07, 6.45) is -4.63. The molecule has 0 spiro atoms. The van der Waals surface area contributed by atoms with Crippen molar-refractivity contribution >= 4 is 43.6 Å². The molecule has 0 saturated heterocycles. The minimum Gasteiger partial charge on any atom is -0.309 e. The van der Waals surface area contributed by atoms with Crippen molar-refractivity contribution in [2.45, 2.75) is 6.18 Å². The number of fused-ring (bicyclic) bond motifs is 6. The van der Waals surface area contributed by atoms with E-state index in [-0.39, 0.29) is 5.56 Å². The molecule has 0 radical (unpaired) electrons. The van der Waals surface area contributed by atoms with Crippen LogP contribution in [-0.2, 0) is 6.18 Å². The topological polar surface area (TPSA) is 105 Å². The predicted octanol–water partition coefficient (Wildman–Crippen LogP) is 11.7. The zero-order chi connectivity index (χ0) is 38.7. The normalized spacial score (nSPS) is 11.4. The minimum atomic E-state index is -4.63. The second-order valence-corrected chi connectivity index (χ2v) is 13.3. The minimum absolute atomic E-state index is 0.131. The molecule has 9 aromatic rings. The Balaban J connectivity index is 1.41. The number of nitrogens with zero attached hydrogens (tertiary/aromatic N) is 6. The van der Waals surface area contributed by atoms with E-state index in [1.54, 1.807) is 24.3 Å². The van der Waals surface area contributed by atoms with Gasteiger partial charge in [-0.25, -0.2) is 0 Å². The molecular weight excluding hydrogens is 706 g/mol. The third kappa shape index (κ3) is 5.24. The average Bonchev–Trinajstić information content (AvgIpc) is 3.74. The van der Waals surface area contributed by atoms with Crippen molar-refractivity contribution in [2.75, 3.05) is 0 Å². The average molecular weight is 729 g/mol. The van der Waals surface area contributed by atoms with E-state index in [1.807, 2.05) is 103 Å². The van der Waals surface area contributed by atoms with Crippen LogP contribution in [0.25, 0.3) is 77.2 Å². The van der Waals surface area contributed by atoms with E-state index >= 15 is 0 Å². The first kappa shape index (κ1) is 33.7. The number of halogens is 3. The highest BCUT2D eigenvalue weighted by Crippen LogP contribution is 2.43. The van der Waals surface area contributed by atoms with Crippen LogP contribution < -0.4 is 0 Å². The smallest absolute Gasteiger partial charge is 0.309 e. The molecule has 0 saturated carbocycles. The first-order valence-corrected chi connectivity index (χ1v) is 17.4. The second kappa shape index (κ2) is 12.8. The Morgan fingerprint density at radius 3 is 1.50 bits per heavy atom. The summed E-state index contributed by atoms with van der Waals surface area (Å²) in [6.45, 7) is 0. The maximum absolute atomic E-state index is 13.8. The van der Waals surface area contributed by atoms with Gasteiger partial charge in [0.05, 0.1) is 85.5 Å². The molecule has 2 heterocycles. The van der Waals surface area contributed by atoms with Crippen molar-refractivity contribution in [1.82, 2.24) is 9.13 Å². The molecule has 0 fully saturated rings. The van der Waals surface area contributed by atoms with Gasteiger partial charge < -0.3 is 9.13 Å². The third-order valence-corrected chi connectivity index (χ3v) is 10.3. The summed E-state index contributed by atoms with van der Waals surface area (Å²) in [6, 6.07) is 49.5. The van der Waals surface area contributed by atoms with Crippen LogP contribution in [0.2, 0.25) is 0 Å². The number of hydrogen-bond donors (Lipinski definition) is 0. The molecule has 0 bridgehead atoms. The van der Waals surface area contributed by atoms with Crippen molar-refractivity contribution in [2.24, 2.45) is 0 Å². The quantitative estimate of drug-likeness (QED) is 0.180. The summed E-state index contributed by atoms with van der Waals surface area (Å²) in [7, 11) is 0. The standard InChI is InChI=1S/C47H23F3N6/c48-47(49,50)33-13-15-34(32(22-33)27-54)31-12-14-37(46(23-31)56-42-8-4-2-6-36(42)39-20-29(25-52)11-18-45(39)56)40-21-30(26-53)10-17-44(40)55-41-7-3-1-5-35(41)38-19-28(24-51)9-16-43(38)55/h1-23H. The number of benzene rings is 7. The maximum atomic E-state index is 13.8. The first-order chi connectivity index (χ1) is 27.2. The molecule has 7 aromatic carbocycles. The molecule has 0 aliphatic rings. The summed E-state index contributed by atoms with van der Waals surface area (Å²) in [4.78, 5) is 0. The van der Waals surface area contributed by atoms with Crippen molar-refractivity contribution in [1.29, 1.82) is 21.0 Å². The van der Waals surface area contributed by atoms with Crippen molar-refractivity contribution in [3.05, 3.63) is 167 Å². The van der Waals surface area contributed by atoms with Gasteiger partial charge in [0.2, 0.25) is 0 Å². The maximum Gasteiger partial charge on any atom is 0.416 e. The molecule has 0 unspecified atom stereocenters. The van der Waals surface area contributed by atoms with Gasteiger partial charge in [-0.05, 0) is 96.1 Å². The summed E-state index contributed by atoms with van der Waals surface area (Å²) in [5, 5.41) is 43.4. The molecule has 0 amide bonds. The van der Waals surface area contributed by atoms with Crippen LogP contribution in [0, 0.1) is 45.3 Å². The lowest BCUT2D eigenvalue weighted by Gasteiger charge is -2.20. The number of rotatable bonds is 4. The van der Waals surface area contributed by atoms with Gasteiger partial charge in [-0.2, -0.15) is 34.2 Å². The zero-order valence-corrected chi connectivity index (χ0v) is 29.1. The molecule has 0 N–H and O–H groups in total. The van der Waals surface area contributed by atoms with Crippen LogP contribution in [0.5, 0.6) is 0 Å². The molecule has 262 valence electrons. The monoisotopic (exact) mass is 728 g/mol. The number of hydrogen-bond acceptors (Lipinski definition) is 4. The van der Waals surface area contributed by atoms with Crippen LogP contribution in [0.4, 0.5) is 13.2 Å². The van der Waals surface area contributed by atoms with Gasteiger partial charge in [-0.15, -0.1) is 0 Å². The lowest BCUT2D eigenvalue weighted by atomic mass is 9.93. The van der Waals surface area contributed by atoms with E-state index in [0.717, 1.165) is 61.4 Å². The Bertz CT molecular complexity index is 3300. The van der Waals surface area contributed by atoms with Crippen molar-refractivity contribution in [3.8, 4) is 57.9 Å². The van der Waals surface area contributed by atoms with E-state index in [1.165, 1.54) is 6.07 Å². The van der Waals surface area contributed by atoms with Gasteiger partial charge in [0.15, 0.2) is 0 Å². The third-order valence-electron chi connectivity index (χ3n) is 10.3. The van der Waals surface area contributed by atoms with Crippen LogP contribution in [-0.4, -0.2) is 9.13 Å². The Morgan fingerprint density at radius 2 is 0.929 bits per heavy atom.